The lowest BCUT2D eigenvalue weighted by atomic mass is 9.77. The number of benzene rings is 10. The first kappa shape index (κ1) is 33.4. The predicted octanol–water partition coefficient (Wildman–Crippen LogP) is 15.9. The van der Waals surface area contributed by atoms with Crippen molar-refractivity contribution < 1.29 is 0 Å². The van der Waals surface area contributed by atoms with Crippen molar-refractivity contribution in [3.8, 4) is 55.6 Å². The molecule has 0 unspecified atom stereocenters. The third kappa shape index (κ3) is 4.46. The molecule has 274 valence electrons. The van der Waals surface area contributed by atoms with Gasteiger partial charge in [-0.15, -0.1) is 0 Å². The van der Waals surface area contributed by atoms with Crippen molar-refractivity contribution in [1.29, 1.82) is 0 Å². The molecule has 0 aromatic heterocycles. The lowest BCUT2D eigenvalue weighted by Gasteiger charge is -2.26. The predicted molar refractivity (Wildman–Crippen MR) is 248 cm³/mol. The van der Waals surface area contributed by atoms with Crippen LogP contribution in [-0.2, 0) is 10.8 Å². The number of fused-ring (bicyclic) bond motifs is 12. The first-order chi connectivity index (χ1) is 28.3. The molecule has 0 saturated carbocycles. The van der Waals surface area contributed by atoms with Gasteiger partial charge in [0, 0.05) is 10.8 Å². The van der Waals surface area contributed by atoms with Gasteiger partial charge in [-0.1, -0.05) is 191 Å². The summed E-state index contributed by atoms with van der Waals surface area (Å²) in [5.41, 5.74) is 18.6. The fourth-order valence-electron chi connectivity index (χ4n) is 11.0. The van der Waals surface area contributed by atoms with E-state index in [4.69, 9.17) is 0 Å². The standard InChI is InChI=1S/C58H42/c1-57(2)48-24-14-12-22-45(48)54-50(57)31-30-44-47(34-51-55(56(44)54)46-23-13-15-25-49(46)58(51,3)4)53-42-20-10-8-18-40(42)52(41-19-9-11-21-43(41)53)39-29-28-37-32-36(26-27-38(37)33-39)35-16-6-5-7-17-35/h5-34H,1-4H3. The van der Waals surface area contributed by atoms with Crippen molar-refractivity contribution in [1.82, 2.24) is 0 Å². The average molecular weight is 739 g/mol. The summed E-state index contributed by atoms with van der Waals surface area (Å²) in [4.78, 5) is 0. The Morgan fingerprint density at radius 2 is 0.759 bits per heavy atom. The van der Waals surface area contributed by atoms with E-state index in [0.717, 1.165) is 0 Å². The second kappa shape index (κ2) is 11.9. The van der Waals surface area contributed by atoms with Gasteiger partial charge in [0.15, 0.2) is 0 Å². The normalized spacial score (nSPS) is 14.5. The average Bonchev–Trinajstić information content (AvgIpc) is 3.64. The van der Waals surface area contributed by atoms with E-state index in [0.29, 0.717) is 0 Å². The summed E-state index contributed by atoms with van der Waals surface area (Å²) in [5.74, 6) is 0. The second-order valence-corrected chi connectivity index (χ2v) is 17.6. The van der Waals surface area contributed by atoms with Crippen LogP contribution in [0.2, 0.25) is 0 Å². The van der Waals surface area contributed by atoms with E-state index in [1.54, 1.807) is 0 Å². The van der Waals surface area contributed by atoms with Gasteiger partial charge in [0.05, 0.1) is 0 Å². The molecular formula is C58H42. The summed E-state index contributed by atoms with van der Waals surface area (Å²) >= 11 is 0. The van der Waals surface area contributed by atoms with Gasteiger partial charge < -0.3 is 0 Å². The quantitative estimate of drug-likeness (QED) is 0.158. The molecule has 0 N–H and O–H groups in total. The van der Waals surface area contributed by atoms with Crippen LogP contribution in [0.3, 0.4) is 0 Å². The maximum atomic E-state index is 2.57. The smallest absolute Gasteiger partial charge is 0.0159 e. The molecule has 0 amide bonds. The molecule has 0 spiro atoms. The van der Waals surface area contributed by atoms with Gasteiger partial charge in [-0.3, -0.25) is 0 Å². The van der Waals surface area contributed by atoms with Crippen molar-refractivity contribution in [2.75, 3.05) is 0 Å². The van der Waals surface area contributed by atoms with E-state index in [2.05, 4.69) is 210 Å². The van der Waals surface area contributed by atoms with Gasteiger partial charge in [0.1, 0.15) is 0 Å². The van der Waals surface area contributed by atoms with E-state index >= 15 is 0 Å². The van der Waals surface area contributed by atoms with E-state index in [-0.39, 0.29) is 10.8 Å². The summed E-state index contributed by atoms with van der Waals surface area (Å²) < 4.78 is 0. The largest absolute Gasteiger partial charge is 0.0622 e. The second-order valence-electron chi connectivity index (χ2n) is 17.6. The molecule has 0 saturated heterocycles. The van der Waals surface area contributed by atoms with Crippen LogP contribution in [-0.4, -0.2) is 0 Å². The topological polar surface area (TPSA) is 0 Å². The molecule has 2 aliphatic rings. The molecule has 10 aromatic rings. The fourth-order valence-corrected chi connectivity index (χ4v) is 11.0. The van der Waals surface area contributed by atoms with Crippen LogP contribution in [0, 0.1) is 0 Å². The molecule has 0 radical (unpaired) electrons. The van der Waals surface area contributed by atoms with Crippen molar-refractivity contribution in [3.63, 3.8) is 0 Å². The minimum atomic E-state index is -0.164. The van der Waals surface area contributed by atoms with E-state index in [9.17, 15) is 0 Å². The van der Waals surface area contributed by atoms with E-state index < -0.39 is 0 Å². The van der Waals surface area contributed by atoms with E-state index in [1.165, 1.54) is 121 Å². The summed E-state index contributed by atoms with van der Waals surface area (Å²) in [6.07, 6.45) is 0. The van der Waals surface area contributed by atoms with E-state index in [1.807, 2.05) is 0 Å². The summed E-state index contributed by atoms with van der Waals surface area (Å²) in [7, 11) is 0. The monoisotopic (exact) mass is 738 g/mol. The van der Waals surface area contributed by atoms with Gasteiger partial charge in [-0.05, 0) is 139 Å². The highest BCUT2D eigenvalue weighted by Gasteiger charge is 2.42. The lowest BCUT2D eigenvalue weighted by Crippen LogP contribution is -2.15. The first-order valence-electron chi connectivity index (χ1n) is 20.7. The van der Waals surface area contributed by atoms with Crippen LogP contribution in [0.1, 0.15) is 49.9 Å². The number of hydrogen-bond donors (Lipinski definition) is 0. The minimum absolute atomic E-state index is 0.0966. The van der Waals surface area contributed by atoms with Gasteiger partial charge >= 0.3 is 0 Å². The highest BCUT2D eigenvalue weighted by Crippen LogP contribution is 2.60. The minimum Gasteiger partial charge on any atom is -0.0622 e. The van der Waals surface area contributed by atoms with Crippen molar-refractivity contribution in [3.05, 3.63) is 204 Å². The molecule has 58 heavy (non-hydrogen) atoms. The molecule has 0 heteroatoms. The zero-order chi connectivity index (χ0) is 38.9. The lowest BCUT2D eigenvalue weighted by molar-refractivity contribution is 0.660. The Balaban J connectivity index is 1.18. The van der Waals surface area contributed by atoms with Crippen LogP contribution in [0.5, 0.6) is 0 Å². The van der Waals surface area contributed by atoms with Gasteiger partial charge in [0.25, 0.3) is 0 Å². The van der Waals surface area contributed by atoms with Crippen LogP contribution >= 0.6 is 0 Å². The molecule has 10 aromatic carbocycles. The molecule has 0 fully saturated rings. The molecule has 0 bridgehead atoms. The third-order valence-corrected chi connectivity index (χ3v) is 13.8. The maximum Gasteiger partial charge on any atom is 0.0159 e. The maximum absolute atomic E-state index is 2.57. The summed E-state index contributed by atoms with van der Waals surface area (Å²) in [6, 6.07) is 68.6. The van der Waals surface area contributed by atoms with Gasteiger partial charge in [0.2, 0.25) is 0 Å². The van der Waals surface area contributed by atoms with Crippen molar-refractivity contribution in [2.24, 2.45) is 0 Å². The zero-order valence-corrected chi connectivity index (χ0v) is 33.3. The van der Waals surface area contributed by atoms with Crippen LogP contribution in [0.25, 0.3) is 98.7 Å². The van der Waals surface area contributed by atoms with Crippen molar-refractivity contribution >= 4 is 43.1 Å². The highest BCUT2D eigenvalue weighted by molar-refractivity contribution is 6.26. The van der Waals surface area contributed by atoms with Gasteiger partial charge in [-0.2, -0.15) is 0 Å². The van der Waals surface area contributed by atoms with Crippen molar-refractivity contribution in [2.45, 2.75) is 38.5 Å². The zero-order valence-electron chi connectivity index (χ0n) is 33.3. The Morgan fingerprint density at radius 3 is 1.38 bits per heavy atom. The number of hydrogen-bond acceptors (Lipinski definition) is 0. The Labute approximate surface area is 340 Å². The van der Waals surface area contributed by atoms with Crippen LogP contribution in [0.4, 0.5) is 0 Å². The third-order valence-electron chi connectivity index (χ3n) is 13.8. The molecule has 2 aliphatic carbocycles. The summed E-state index contributed by atoms with van der Waals surface area (Å²) in [6.45, 7) is 9.66. The van der Waals surface area contributed by atoms with Gasteiger partial charge in [-0.25, -0.2) is 0 Å². The Morgan fingerprint density at radius 1 is 0.276 bits per heavy atom. The molecule has 0 atom stereocenters. The fraction of sp³-hybridized carbons (Fsp3) is 0.103. The summed E-state index contributed by atoms with van der Waals surface area (Å²) in [5, 5.41) is 10.3. The number of rotatable bonds is 3. The SMILES string of the molecule is CC1(C)c2ccccc2-c2c1ccc1c(-c3c4ccccc4c(-c4ccc5cc(-c6ccccc6)ccc5c4)c4ccccc34)cc3c(c21)-c1ccccc1C3(C)C. The first-order valence-corrected chi connectivity index (χ1v) is 20.7. The molecule has 0 nitrogen and oxygen atoms in total. The molecule has 12 rings (SSSR count). The Hall–Kier alpha value is -6.76. The molecular weight excluding hydrogens is 697 g/mol. The Bertz CT molecular complexity index is 3300. The molecule has 0 aliphatic heterocycles. The van der Waals surface area contributed by atoms with Crippen LogP contribution < -0.4 is 0 Å². The molecule has 0 heterocycles. The Kier molecular flexibility index (Phi) is 6.84. The highest BCUT2D eigenvalue weighted by atomic mass is 14.4. The van der Waals surface area contributed by atoms with Crippen LogP contribution in [0.15, 0.2) is 182 Å².